The van der Waals surface area contributed by atoms with Crippen molar-refractivity contribution in [3.8, 4) is 0 Å². The van der Waals surface area contributed by atoms with Gasteiger partial charge in [0.25, 0.3) is 0 Å². The first-order valence-corrected chi connectivity index (χ1v) is 17.2. The van der Waals surface area contributed by atoms with Gasteiger partial charge in [-0.25, -0.2) is 0 Å². The van der Waals surface area contributed by atoms with Crippen LogP contribution in [0.3, 0.4) is 0 Å². The van der Waals surface area contributed by atoms with E-state index in [1.54, 1.807) is 6.08 Å². The molecule has 1 aliphatic heterocycles. The molecule has 1 saturated heterocycles. The molecule has 0 bridgehead atoms. The van der Waals surface area contributed by atoms with Gasteiger partial charge >= 0.3 is 0 Å². The summed E-state index contributed by atoms with van der Waals surface area (Å²) in [6, 6.07) is -0.859. The van der Waals surface area contributed by atoms with Crippen molar-refractivity contribution in [1.29, 1.82) is 0 Å². The lowest BCUT2D eigenvalue weighted by atomic mass is 9.99. The Labute approximate surface area is 277 Å². The van der Waals surface area contributed by atoms with Gasteiger partial charge in [-0.1, -0.05) is 106 Å². The zero-order valence-corrected chi connectivity index (χ0v) is 28.0. The molecule has 7 unspecified atom stereocenters. The molecule has 0 aromatic rings. The summed E-state index contributed by atoms with van der Waals surface area (Å²) in [5.74, 6) is -0.275. The molecule has 1 amide bonds. The molecular weight excluding hydrogens is 586 g/mol. The summed E-state index contributed by atoms with van der Waals surface area (Å²) in [6.07, 6.45) is 28.3. The minimum Gasteiger partial charge on any atom is -0.394 e. The molecule has 1 rings (SSSR count). The van der Waals surface area contributed by atoms with E-state index in [2.05, 4.69) is 67.8 Å². The normalized spacial score (nSPS) is 24.0. The average Bonchev–Trinajstić information content (AvgIpc) is 3.05. The second-order valence-electron chi connectivity index (χ2n) is 11.6. The third kappa shape index (κ3) is 19.3. The highest BCUT2D eigenvalue weighted by atomic mass is 16.7. The monoisotopic (exact) mass is 647 g/mol. The number of ether oxygens (including phenoxy) is 2. The lowest BCUT2D eigenvalue weighted by Crippen LogP contribution is -2.60. The summed E-state index contributed by atoms with van der Waals surface area (Å²) >= 11 is 0. The molecule has 6 N–H and O–H groups in total. The fourth-order valence-corrected chi connectivity index (χ4v) is 4.71. The van der Waals surface area contributed by atoms with Crippen LogP contribution in [0.1, 0.15) is 97.3 Å². The first-order chi connectivity index (χ1) is 22.3. The molecule has 262 valence electrons. The van der Waals surface area contributed by atoms with Crippen molar-refractivity contribution in [2.24, 2.45) is 0 Å². The van der Waals surface area contributed by atoms with Gasteiger partial charge in [-0.3, -0.25) is 4.79 Å². The van der Waals surface area contributed by atoms with E-state index in [0.717, 1.165) is 44.9 Å². The fraction of sp³-hybridized carbons (Fsp3) is 0.649. The molecule has 7 atom stereocenters. The van der Waals surface area contributed by atoms with Crippen molar-refractivity contribution in [2.45, 2.75) is 140 Å². The number of aliphatic hydroxyl groups excluding tert-OH is 5. The predicted molar refractivity (Wildman–Crippen MR) is 184 cm³/mol. The lowest BCUT2D eigenvalue weighted by molar-refractivity contribution is -0.302. The number of rotatable bonds is 25. The first-order valence-electron chi connectivity index (χ1n) is 17.2. The number of aliphatic hydroxyl groups is 5. The smallest absolute Gasteiger partial charge is 0.220 e. The number of unbranched alkanes of at least 4 members (excludes halogenated alkanes) is 5. The van der Waals surface area contributed by atoms with E-state index in [9.17, 15) is 30.3 Å². The third-order valence-electron chi connectivity index (χ3n) is 7.53. The average molecular weight is 648 g/mol. The van der Waals surface area contributed by atoms with Gasteiger partial charge in [0.05, 0.1) is 25.4 Å². The van der Waals surface area contributed by atoms with Crippen LogP contribution in [0.5, 0.6) is 0 Å². The second kappa shape index (κ2) is 27.7. The Balaban J connectivity index is 2.61. The Hall–Kier alpha value is -2.37. The summed E-state index contributed by atoms with van der Waals surface area (Å²) < 4.78 is 11.1. The lowest BCUT2D eigenvalue weighted by Gasteiger charge is -2.40. The van der Waals surface area contributed by atoms with Crippen molar-refractivity contribution >= 4 is 5.91 Å². The molecule has 46 heavy (non-hydrogen) atoms. The Morgan fingerprint density at radius 2 is 1.37 bits per heavy atom. The van der Waals surface area contributed by atoms with E-state index in [1.165, 1.54) is 25.7 Å². The van der Waals surface area contributed by atoms with Crippen LogP contribution in [0.4, 0.5) is 0 Å². The number of nitrogens with one attached hydrogen (secondary N) is 1. The molecule has 0 aromatic heterocycles. The second-order valence-corrected chi connectivity index (χ2v) is 11.6. The highest BCUT2D eigenvalue weighted by Gasteiger charge is 2.44. The molecule has 0 spiro atoms. The molecule has 1 aliphatic rings. The highest BCUT2D eigenvalue weighted by molar-refractivity contribution is 5.76. The molecule has 0 aliphatic carbocycles. The van der Waals surface area contributed by atoms with E-state index < -0.39 is 49.5 Å². The topological polar surface area (TPSA) is 149 Å². The minimum absolute atomic E-state index is 0.213. The molecule has 1 heterocycles. The van der Waals surface area contributed by atoms with Crippen LogP contribution in [0.15, 0.2) is 72.9 Å². The predicted octanol–water partition coefficient (Wildman–Crippen LogP) is 5.10. The molecule has 9 heteroatoms. The van der Waals surface area contributed by atoms with Crippen LogP contribution in [0.2, 0.25) is 0 Å². The molecule has 0 aromatic carbocycles. The first kappa shape index (κ1) is 41.7. The molecule has 0 saturated carbocycles. The van der Waals surface area contributed by atoms with Crippen LogP contribution in [-0.2, 0) is 14.3 Å². The van der Waals surface area contributed by atoms with E-state index in [1.807, 2.05) is 18.2 Å². The van der Waals surface area contributed by atoms with Gasteiger partial charge in [-0.05, 0) is 57.8 Å². The number of allylic oxidation sites excluding steroid dienone is 11. The van der Waals surface area contributed by atoms with Crippen molar-refractivity contribution in [2.75, 3.05) is 13.2 Å². The number of hydrogen-bond donors (Lipinski definition) is 6. The summed E-state index contributed by atoms with van der Waals surface area (Å²) in [6.45, 7) is 3.50. The van der Waals surface area contributed by atoms with Gasteiger partial charge in [-0.15, -0.1) is 0 Å². The summed E-state index contributed by atoms with van der Waals surface area (Å²) in [5, 5.41) is 53.6. The van der Waals surface area contributed by atoms with Crippen molar-refractivity contribution < 1.29 is 39.8 Å². The maximum atomic E-state index is 12.8. The number of amides is 1. The van der Waals surface area contributed by atoms with Gasteiger partial charge in [0.2, 0.25) is 5.91 Å². The standard InChI is InChI=1S/C37H61NO8/c1-3-5-7-9-11-13-15-16-17-19-21-23-25-27-33(41)38-30(29-45-37-36(44)35(43)34(42)32(28-39)46-37)31(40)26-24-22-20-18-14-12-10-8-6-4-2/h5,7,11,13-14,16-18,21,23-24,26,30-32,34-37,39-40,42-44H,3-4,6,8-10,12,15,19-20,22,25,27-29H2,1-2H3,(H,38,41)/b7-5-,13-11-,17-16-,18-14+,23-21-,26-24+. The third-order valence-corrected chi connectivity index (χ3v) is 7.53. The van der Waals surface area contributed by atoms with Crippen LogP contribution in [-0.4, -0.2) is 87.5 Å². The SMILES string of the molecule is CC/C=C\C/C=C\C/C=C\C/C=C\CCC(=O)NC(COC1OC(CO)C(O)C(O)C1O)C(O)/C=C/CC/C=C/CCCCCC. The molecule has 0 radical (unpaired) electrons. The largest absolute Gasteiger partial charge is 0.394 e. The van der Waals surface area contributed by atoms with Gasteiger partial charge in [0.1, 0.15) is 24.4 Å². The maximum Gasteiger partial charge on any atom is 0.220 e. The Bertz CT molecular complexity index is 942. The summed E-state index contributed by atoms with van der Waals surface area (Å²) in [4.78, 5) is 12.8. The van der Waals surface area contributed by atoms with Gasteiger partial charge in [-0.2, -0.15) is 0 Å². The summed E-state index contributed by atoms with van der Waals surface area (Å²) in [7, 11) is 0. The van der Waals surface area contributed by atoms with Crippen molar-refractivity contribution in [1.82, 2.24) is 5.32 Å². The number of carbonyl (C=O) groups excluding carboxylic acids is 1. The minimum atomic E-state index is -1.58. The van der Waals surface area contributed by atoms with Crippen molar-refractivity contribution in [3.63, 3.8) is 0 Å². The Kier molecular flexibility index (Phi) is 25.1. The Morgan fingerprint density at radius 1 is 0.761 bits per heavy atom. The highest BCUT2D eigenvalue weighted by Crippen LogP contribution is 2.22. The van der Waals surface area contributed by atoms with Gasteiger partial charge < -0.3 is 40.3 Å². The number of hydrogen-bond acceptors (Lipinski definition) is 8. The quantitative estimate of drug-likeness (QED) is 0.0593. The molecular formula is C37H61NO8. The van der Waals surface area contributed by atoms with E-state index in [4.69, 9.17) is 9.47 Å². The molecule has 1 fully saturated rings. The maximum absolute atomic E-state index is 12.8. The zero-order valence-electron chi connectivity index (χ0n) is 28.0. The van der Waals surface area contributed by atoms with E-state index >= 15 is 0 Å². The number of carbonyl (C=O) groups is 1. The van der Waals surface area contributed by atoms with E-state index in [-0.39, 0.29) is 18.9 Å². The summed E-state index contributed by atoms with van der Waals surface area (Å²) in [5.41, 5.74) is 0. The fourth-order valence-electron chi connectivity index (χ4n) is 4.71. The van der Waals surface area contributed by atoms with Crippen LogP contribution >= 0.6 is 0 Å². The molecule has 9 nitrogen and oxygen atoms in total. The van der Waals surface area contributed by atoms with Crippen LogP contribution in [0, 0.1) is 0 Å². The zero-order chi connectivity index (χ0) is 33.8. The van der Waals surface area contributed by atoms with Crippen LogP contribution < -0.4 is 5.32 Å². The van der Waals surface area contributed by atoms with Crippen molar-refractivity contribution in [3.05, 3.63) is 72.9 Å². The van der Waals surface area contributed by atoms with E-state index in [0.29, 0.717) is 6.42 Å². The van der Waals surface area contributed by atoms with Gasteiger partial charge in [0.15, 0.2) is 6.29 Å². The van der Waals surface area contributed by atoms with Gasteiger partial charge in [0, 0.05) is 6.42 Å². The Morgan fingerprint density at radius 3 is 2.02 bits per heavy atom. The van der Waals surface area contributed by atoms with Crippen LogP contribution in [0.25, 0.3) is 0 Å².